The summed E-state index contributed by atoms with van der Waals surface area (Å²) >= 11 is 1.65. The summed E-state index contributed by atoms with van der Waals surface area (Å²) in [6, 6.07) is 1.93. The zero-order chi connectivity index (χ0) is 13.0. The first-order chi connectivity index (χ1) is 8.67. The average Bonchev–Trinajstić information content (AvgIpc) is 2.72. The van der Waals surface area contributed by atoms with Gasteiger partial charge >= 0.3 is 0 Å². The van der Waals surface area contributed by atoms with Gasteiger partial charge in [0.15, 0.2) is 0 Å². The lowest BCUT2D eigenvalue weighted by atomic mass is 10.4. The Hall–Kier alpha value is -1.69. The molecule has 0 bridgehead atoms. The molecule has 2 N–H and O–H groups in total. The van der Waals surface area contributed by atoms with Crippen LogP contribution in [0.2, 0.25) is 0 Å². The van der Waals surface area contributed by atoms with Gasteiger partial charge in [0.05, 0.1) is 6.54 Å². The average molecular weight is 263 g/mol. The molecule has 18 heavy (non-hydrogen) atoms. The number of hydrogen-bond acceptors (Lipinski definition) is 6. The van der Waals surface area contributed by atoms with Gasteiger partial charge in [-0.3, -0.25) is 0 Å². The molecule has 2 aromatic heterocycles. The summed E-state index contributed by atoms with van der Waals surface area (Å²) in [5, 5.41) is 9.50. The van der Waals surface area contributed by atoms with Gasteiger partial charge in [-0.2, -0.15) is 4.98 Å². The van der Waals surface area contributed by atoms with Crippen LogP contribution in [0.3, 0.4) is 0 Å². The summed E-state index contributed by atoms with van der Waals surface area (Å²) in [4.78, 5) is 13.1. The van der Waals surface area contributed by atoms with Crippen molar-refractivity contribution in [3.8, 4) is 0 Å². The third-order valence-electron chi connectivity index (χ3n) is 2.28. The molecule has 96 valence electrons. The van der Waals surface area contributed by atoms with Gasteiger partial charge in [0, 0.05) is 29.4 Å². The Labute approximate surface area is 111 Å². The van der Waals surface area contributed by atoms with Gasteiger partial charge in [-0.1, -0.05) is 0 Å². The molecular weight excluding hydrogens is 246 g/mol. The second kappa shape index (κ2) is 5.77. The fourth-order valence-electron chi connectivity index (χ4n) is 1.55. The fraction of sp³-hybridized carbons (Fsp3) is 0.417. The monoisotopic (exact) mass is 263 g/mol. The molecule has 0 atom stereocenters. The van der Waals surface area contributed by atoms with E-state index < -0.39 is 0 Å². The minimum atomic E-state index is 0.662. The van der Waals surface area contributed by atoms with Crippen LogP contribution in [0.1, 0.15) is 23.3 Å². The third-order valence-corrected chi connectivity index (χ3v) is 3.24. The molecule has 2 heterocycles. The van der Waals surface area contributed by atoms with E-state index in [1.165, 1.54) is 0 Å². The van der Waals surface area contributed by atoms with Crippen molar-refractivity contribution in [3.05, 3.63) is 27.8 Å². The normalized spacial score (nSPS) is 10.4. The van der Waals surface area contributed by atoms with Crippen molar-refractivity contribution in [1.29, 1.82) is 0 Å². The van der Waals surface area contributed by atoms with Crippen LogP contribution in [0.5, 0.6) is 0 Å². The highest BCUT2D eigenvalue weighted by Crippen LogP contribution is 2.13. The maximum atomic E-state index is 4.40. The number of thiazole rings is 1. The first kappa shape index (κ1) is 12.8. The van der Waals surface area contributed by atoms with Crippen LogP contribution in [0.15, 0.2) is 11.4 Å². The van der Waals surface area contributed by atoms with Crippen molar-refractivity contribution >= 4 is 23.1 Å². The number of rotatable bonds is 5. The molecule has 0 aromatic carbocycles. The van der Waals surface area contributed by atoms with E-state index in [2.05, 4.69) is 25.6 Å². The molecule has 5 nitrogen and oxygen atoms in total. The predicted molar refractivity (Wildman–Crippen MR) is 75.1 cm³/mol. The van der Waals surface area contributed by atoms with Gasteiger partial charge in [0.25, 0.3) is 0 Å². The smallest absolute Gasteiger partial charge is 0.224 e. The Bertz CT molecular complexity index is 523. The molecule has 0 radical (unpaired) electrons. The number of nitrogens with one attached hydrogen (secondary N) is 2. The van der Waals surface area contributed by atoms with Crippen LogP contribution in [0.25, 0.3) is 0 Å². The van der Waals surface area contributed by atoms with E-state index >= 15 is 0 Å². The summed E-state index contributed by atoms with van der Waals surface area (Å²) in [5.74, 6) is 1.49. The predicted octanol–water partition coefficient (Wildman–Crippen LogP) is 2.59. The van der Waals surface area contributed by atoms with E-state index in [1.54, 1.807) is 11.3 Å². The first-order valence-electron chi connectivity index (χ1n) is 5.92. The Morgan fingerprint density at radius 2 is 1.94 bits per heavy atom. The second-order valence-electron chi connectivity index (χ2n) is 3.98. The van der Waals surface area contributed by atoms with Crippen LogP contribution >= 0.6 is 11.3 Å². The first-order valence-corrected chi connectivity index (χ1v) is 6.79. The quantitative estimate of drug-likeness (QED) is 0.868. The van der Waals surface area contributed by atoms with Crippen molar-refractivity contribution in [2.45, 2.75) is 27.3 Å². The number of hydrogen-bond donors (Lipinski definition) is 2. The van der Waals surface area contributed by atoms with Crippen LogP contribution in [-0.4, -0.2) is 21.5 Å². The lowest BCUT2D eigenvalue weighted by Gasteiger charge is -2.07. The van der Waals surface area contributed by atoms with Crippen LogP contribution in [0.4, 0.5) is 11.8 Å². The molecule has 0 amide bonds. The van der Waals surface area contributed by atoms with Crippen molar-refractivity contribution in [1.82, 2.24) is 15.0 Å². The van der Waals surface area contributed by atoms with E-state index in [1.807, 2.05) is 32.2 Å². The summed E-state index contributed by atoms with van der Waals surface area (Å²) < 4.78 is 0. The van der Waals surface area contributed by atoms with Crippen molar-refractivity contribution in [2.75, 3.05) is 17.2 Å². The third kappa shape index (κ3) is 3.40. The maximum absolute atomic E-state index is 4.40. The lowest BCUT2D eigenvalue weighted by molar-refractivity contribution is 1.01. The molecule has 6 heteroatoms. The van der Waals surface area contributed by atoms with Crippen LogP contribution in [-0.2, 0) is 6.54 Å². The highest BCUT2D eigenvalue weighted by Gasteiger charge is 2.03. The second-order valence-corrected chi connectivity index (χ2v) is 4.93. The Kier molecular flexibility index (Phi) is 4.09. The molecule has 0 fully saturated rings. The van der Waals surface area contributed by atoms with Crippen molar-refractivity contribution in [3.63, 3.8) is 0 Å². The molecule has 0 aliphatic rings. The molecule has 2 aromatic rings. The minimum Gasteiger partial charge on any atom is -0.363 e. The van der Waals surface area contributed by atoms with E-state index in [-0.39, 0.29) is 0 Å². The fourth-order valence-corrected chi connectivity index (χ4v) is 2.26. The lowest BCUT2D eigenvalue weighted by Crippen LogP contribution is -2.07. The van der Waals surface area contributed by atoms with E-state index in [0.29, 0.717) is 12.5 Å². The van der Waals surface area contributed by atoms with Gasteiger partial charge in [-0.05, 0) is 20.8 Å². The molecule has 0 unspecified atom stereocenters. The van der Waals surface area contributed by atoms with E-state index in [0.717, 1.165) is 28.8 Å². The van der Waals surface area contributed by atoms with Gasteiger partial charge in [-0.15, -0.1) is 11.3 Å². The topological polar surface area (TPSA) is 62.7 Å². The van der Waals surface area contributed by atoms with Crippen LogP contribution < -0.4 is 10.6 Å². The molecular formula is C12H17N5S. The molecule has 0 spiro atoms. The molecule has 0 saturated heterocycles. The number of nitrogens with zero attached hydrogens (tertiary/aromatic N) is 3. The van der Waals surface area contributed by atoms with E-state index in [4.69, 9.17) is 0 Å². The van der Waals surface area contributed by atoms with E-state index in [9.17, 15) is 0 Å². The highest BCUT2D eigenvalue weighted by molar-refractivity contribution is 7.09. The molecule has 0 aliphatic carbocycles. The maximum Gasteiger partial charge on any atom is 0.224 e. The van der Waals surface area contributed by atoms with Crippen molar-refractivity contribution < 1.29 is 0 Å². The van der Waals surface area contributed by atoms with Gasteiger partial charge < -0.3 is 10.6 Å². The largest absolute Gasteiger partial charge is 0.363 e. The van der Waals surface area contributed by atoms with Crippen molar-refractivity contribution in [2.24, 2.45) is 0 Å². The molecule has 2 rings (SSSR count). The van der Waals surface area contributed by atoms with Gasteiger partial charge in [-0.25, -0.2) is 9.97 Å². The van der Waals surface area contributed by atoms with Gasteiger partial charge in [0.1, 0.15) is 10.8 Å². The zero-order valence-corrected chi connectivity index (χ0v) is 11.6. The molecule has 0 saturated carbocycles. The molecule has 0 aliphatic heterocycles. The highest BCUT2D eigenvalue weighted by atomic mass is 32.1. The SMILES string of the molecule is CCNc1nc(C)cc(NCc2nc(C)cs2)n1. The Morgan fingerprint density at radius 1 is 1.11 bits per heavy atom. The minimum absolute atomic E-state index is 0.662. The summed E-state index contributed by atoms with van der Waals surface area (Å²) in [7, 11) is 0. The van der Waals surface area contributed by atoms with Gasteiger partial charge in [0.2, 0.25) is 5.95 Å². The summed E-state index contributed by atoms with van der Waals surface area (Å²) in [5.41, 5.74) is 2.00. The van der Waals surface area contributed by atoms with Crippen LogP contribution in [0, 0.1) is 13.8 Å². The zero-order valence-electron chi connectivity index (χ0n) is 10.8. The number of aromatic nitrogens is 3. The Morgan fingerprint density at radius 3 is 2.61 bits per heavy atom. The summed E-state index contributed by atoms with van der Waals surface area (Å²) in [6.07, 6.45) is 0. The number of aryl methyl sites for hydroxylation is 2. The number of anilines is 2. The summed E-state index contributed by atoms with van der Waals surface area (Å²) in [6.45, 7) is 7.49. The standard InChI is InChI=1S/C12H17N5S/c1-4-13-12-16-8(2)5-10(17-12)14-6-11-15-9(3)7-18-11/h5,7H,4,6H2,1-3H3,(H2,13,14,16,17). The Balaban J connectivity index is 2.04.